The molecule has 0 bridgehead atoms. The lowest BCUT2D eigenvalue weighted by Gasteiger charge is -2.19. The molecule has 1 aromatic carbocycles. The maximum absolute atomic E-state index is 13.6. The van der Waals surface area contributed by atoms with Crippen molar-refractivity contribution in [2.24, 2.45) is 0 Å². The van der Waals surface area contributed by atoms with Crippen molar-refractivity contribution in [2.75, 3.05) is 19.6 Å². The summed E-state index contributed by atoms with van der Waals surface area (Å²) >= 11 is 9.19. The zero-order valence-corrected chi connectivity index (χ0v) is 14.0. The summed E-state index contributed by atoms with van der Waals surface area (Å²) in [7, 11) is 0. The molecule has 0 N–H and O–H groups in total. The van der Waals surface area contributed by atoms with Crippen LogP contribution in [0.4, 0.5) is 4.39 Å². The molecule has 0 aliphatic heterocycles. The SMILES string of the molecule is CCN(CC)CCn1c(CCl)nc2cc(F)c(Br)cc21. The van der Waals surface area contributed by atoms with Gasteiger partial charge in [-0.15, -0.1) is 11.6 Å². The zero-order valence-electron chi connectivity index (χ0n) is 11.7. The van der Waals surface area contributed by atoms with Gasteiger partial charge in [0, 0.05) is 19.2 Å². The monoisotopic (exact) mass is 361 g/mol. The van der Waals surface area contributed by atoms with Crippen molar-refractivity contribution in [2.45, 2.75) is 26.3 Å². The van der Waals surface area contributed by atoms with Crippen LogP contribution in [0.5, 0.6) is 0 Å². The Bertz CT molecular complexity index is 596. The molecule has 3 nitrogen and oxygen atoms in total. The number of likely N-dealkylation sites (N-methyl/N-ethyl adjacent to an activating group) is 1. The van der Waals surface area contributed by atoms with Gasteiger partial charge in [-0.3, -0.25) is 0 Å². The van der Waals surface area contributed by atoms with E-state index in [1.165, 1.54) is 6.07 Å². The number of rotatable bonds is 6. The van der Waals surface area contributed by atoms with E-state index in [1.807, 2.05) is 0 Å². The van der Waals surface area contributed by atoms with Crippen molar-refractivity contribution in [3.05, 3.63) is 28.2 Å². The summed E-state index contributed by atoms with van der Waals surface area (Å²) in [6.07, 6.45) is 0. The van der Waals surface area contributed by atoms with Gasteiger partial charge in [-0.1, -0.05) is 13.8 Å². The smallest absolute Gasteiger partial charge is 0.139 e. The standard InChI is InChI=1S/C14H18BrClFN3/c1-3-19(4-2)5-6-20-13-7-10(15)11(17)8-12(13)18-14(20)9-16/h7-8H,3-6,9H2,1-2H3. The van der Waals surface area contributed by atoms with Gasteiger partial charge in [0.05, 0.1) is 21.4 Å². The summed E-state index contributed by atoms with van der Waals surface area (Å²) < 4.78 is 16.1. The Hall–Kier alpha value is -0.650. The number of hydrogen-bond donors (Lipinski definition) is 0. The van der Waals surface area contributed by atoms with Crippen LogP contribution in [-0.2, 0) is 12.4 Å². The first-order chi connectivity index (χ1) is 9.60. The fraction of sp³-hybridized carbons (Fsp3) is 0.500. The number of aromatic nitrogens is 2. The van der Waals surface area contributed by atoms with Gasteiger partial charge in [-0.25, -0.2) is 9.37 Å². The summed E-state index contributed by atoms with van der Waals surface area (Å²) in [5.41, 5.74) is 1.57. The predicted octanol–water partition coefficient (Wildman–Crippen LogP) is 4.02. The third-order valence-corrected chi connectivity index (χ3v) is 4.37. The normalized spacial score (nSPS) is 11.7. The van der Waals surface area contributed by atoms with E-state index in [4.69, 9.17) is 11.6 Å². The maximum atomic E-state index is 13.6. The van der Waals surface area contributed by atoms with Crippen LogP contribution in [0.15, 0.2) is 16.6 Å². The Morgan fingerprint density at radius 3 is 2.65 bits per heavy atom. The van der Waals surface area contributed by atoms with Crippen molar-refractivity contribution in [1.82, 2.24) is 14.5 Å². The highest BCUT2D eigenvalue weighted by Crippen LogP contribution is 2.25. The van der Waals surface area contributed by atoms with Gasteiger partial charge in [0.1, 0.15) is 11.6 Å². The molecule has 2 aromatic rings. The largest absolute Gasteiger partial charge is 0.326 e. The second kappa shape index (κ2) is 6.87. The number of halogens is 3. The molecule has 0 radical (unpaired) electrons. The van der Waals surface area contributed by atoms with Crippen LogP contribution < -0.4 is 0 Å². The van der Waals surface area contributed by atoms with Gasteiger partial charge in [0.2, 0.25) is 0 Å². The van der Waals surface area contributed by atoms with E-state index >= 15 is 0 Å². The Kier molecular flexibility index (Phi) is 5.41. The Morgan fingerprint density at radius 1 is 1.35 bits per heavy atom. The minimum Gasteiger partial charge on any atom is -0.326 e. The van der Waals surface area contributed by atoms with E-state index in [0.717, 1.165) is 37.5 Å². The number of alkyl halides is 1. The average Bonchev–Trinajstić information content (AvgIpc) is 2.78. The van der Waals surface area contributed by atoms with Crippen LogP contribution in [-0.4, -0.2) is 34.1 Å². The van der Waals surface area contributed by atoms with Crippen molar-refractivity contribution >= 4 is 38.6 Å². The third kappa shape index (κ3) is 3.15. The lowest BCUT2D eigenvalue weighted by Crippen LogP contribution is -2.27. The maximum Gasteiger partial charge on any atom is 0.139 e. The van der Waals surface area contributed by atoms with Gasteiger partial charge >= 0.3 is 0 Å². The number of fused-ring (bicyclic) bond motifs is 1. The summed E-state index contributed by atoms with van der Waals surface area (Å²) in [6.45, 7) is 8.04. The van der Waals surface area contributed by atoms with Gasteiger partial charge < -0.3 is 9.47 Å². The molecular formula is C14H18BrClFN3. The third-order valence-electron chi connectivity index (χ3n) is 3.52. The average molecular weight is 363 g/mol. The molecular weight excluding hydrogens is 345 g/mol. The fourth-order valence-corrected chi connectivity index (χ4v) is 2.84. The highest BCUT2D eigenvalue weighted by molar-refractivity contribution is 9.10. The lowest BCUT2D eigenvalue weighted by atomic mass is 10.3. The molecule has 0 amide bonds. The molecule has 1 aromatic heterocycles. The van der Waals surface area contributed by atoms with Gasteiger partial charge in [-0.2, -0.15) is 0 Å². The highest BCUT2D eigenvalue weighted by atomic mass is 79.9. The first-order valence-corrected chi connectivity index (χ1v) is 8.05. The molecule has 0 spiro atoms. The molecule has 0 unspecified atom stereocenters. The second-order valence-electron chi connectivity index (χ2n) is 4.60. The first-order valence-electron chi connectivity index (χ1n) is 6.73. The van der Waals surface area contributed by atoms with E-state index in [0.29, 0.717) is 15.9 Å². The topological polar surface area (TPSA) is 21.1 Å². The molecule has 6 heteroatoms. The molecule has 0 aliphatic carbocycles. The molecule has 0 aliphatic rings. The van der Waals surface area contributed by atoms with E-state index < -0.39 is 0 Å². The number of nitrogens with zero attached hydrogens (tertiary/aromatic N) is 3. The van der Waals surface area contributed by atoms with Crippen LogP contribution >= 0.6 is 27.5 Å². The van der Waals surface area contributed by atoms with E-state index in [1.54, 1.807) is 6.07 Å². The van der Waals surface area contributed by atoms with Crippen molar-refractivity contribution in [1.29, 1.82) is 0 Å². The molecule has 2 rings (SSSR count). The van der Waals surface area contributed by atoms with Crippen molar-refractivity contribution < 1.29 is 4.39 Å². The van der Waals surface area contributed by atoms with Gasteiger partial charge in [0.15, 0.2) is 0 Å². The van der Waals surface area contributed by atoms with Crippen LogP contribution in [0.3, 0.4) is 0 Å². The number of hydrogen-bond acceptors (Lipinski definition) is 2. The molecule has 20 heavy (non-hydrogen) atoms. The molecule has 0 saturated carbocycles. The summed E-state index contributed by atoms with van der Waals surface area (Å²) in [6, 6.07) is 3.22. The first kappa shape index (κ1) is 15.7. The Balaban J connectivity index is 2.37. The quantitative estimate of drug-likeness (QED) is 0.724. The Labute approximate surface area is 131 Å². The van der Waals surface area contributed by atoms with Crippen LogP contribution in [0, 0.1) is 5.82 Å². The summed E-state index contributed by atoms with van der Waals surface area (Å²) in [5, 5.41) is 0. The zero-order chi connectivity index (χ0) is 14.7. The van der Waals surface area contributed by atoms with E-state index in [9.17, 15) is 4.39 Å². The molecule has 1 heterocycles. The van der Waals surface area contributed by atoms with Crippen LogP contribution in [0.25, 0.3) is 11.0 Å². The summed E-state index contributed by atoms with van der Waals surface area (Å²) in [5.74, 6) is 0.810. The molecule has 110 valence electrons. The number of benzene rings is 1. The van der Waals surface area contributed by atoms with Crippen LogP contribution in [0.2, 0.25) is 0 Å². The predicted molar refractivity (Wildman–Crippen MR) is 84.7 cm³/mol. The Morgan fingerprint density at radius 2 is 2.05 bits per heavy atom. The molecule has 0 atom stereocenters. The minimum atomic E-state index is -0.299. The van der Waals surface area contributed by atoms with E-state index in [-0.39, 0.29) is 5.82 Å². The van der Waals surface area contributed by atoms with Crippen molar-refractivity contribution in [3.63, 3.8) is 0 Å². The van der Waals surface area contributed by atoms with E-state index in [2.05, 4.69) is 44.2 Å². The highest BCUT2D eigenvalue weighted by Gasteiger charge is 2.13. The fourth-order valence-electron chi connectivity index (χ4n) is 2.30. The molecule has 0 fully saturated rings. The van der Waals surface area contributed by atoms with Crippen molar-refractivity contribution in [3.8, 4) is 0 Å². The summed E-state index contributed by atoms with van der Waals surface area (Å²) in [4.78, 5) is 6.75. The van der Waals surface area contributed by atoms with Gasteiger partial charge in [0.25, 0.3) is 0 Å². The lowest BCUT2D eigenvalue weighted by molar-refractivity contribution is 0.291. The van der Waals surface area contributed by atoms with Crippen LogP contribution in [0.1, 0.15) is 19.7 Å². The van der Waals surface area contributed by atoms with Gasteiger partial charge in [-0.05, 0) is 35.1 Å². The molecule has 0 saturated heterocycles. The second-order valence-corrected chi connectivity index (χ2v) is 5.72. The number of imidazole rings is 1. The minimum absolute atomic E-state index is 0.299.